The van der Waals surface area contributed by atoms with E-state index in [-0.39, 0.29) is 0 Å². The summed E-state index contributed by atoms with van der Waals surface area (Å²) in [6, 6.07) is 13.6. The number of nitrogens with zero attached hydrogens (tertiary/aromatic N) is 1. The van der Waals surface area contributed by atoms with Crippen LogP contribution in [-0.2, 0) is 0 Å². The van der Waals surface area contributed by atoms with E-state index >= 15 is 0 Å². The number of thioether (sulfide) groups is 1. The van der Waals surface area contributed by atoms with Gasteiger partial charge in [0.25, 0.3) is 0 Å². The molecule has 17 heavy (non-hydrogen) atoms. The Kier molecular flexibility index (Phi) is 4.59. The molecule has 0 radical (unpaired) electrons. The van der Waals surface area contributed by atoms with Crippen LogP contribution in [0.3, 0.4) is 0 Å². The normalized spacial score (nSPS) is 12.4. The van der Waals surface area contributed by atoms with Gasteiger partial charge in [0.05, 0.1) is 11.1 Å². The molecule has 0 fully saturated rings. The summed E-state index contributed by atoms with van der Waals surface area (Å²) < 4.78 is 0.963. The number of pyridine rings is 1. The highest BCUT2D eigenvalue weighted by Crippen LogP contribution is 2.23. The van der Waals surface area contributed by atoms with Gasteiger partial charge in [-0.1, -0.05) is 30.3 Å². The SMILES string of the molecule is OC(CSc1ccc(Br)cn1)c1ccccc1. The summed E-state index contributed by atoms with van der Waals surface area (Å²) in [6.07, 6.45) is 1.31. The summed E-state index contributed by atoms with van der Waals surface area (Å²) in [4.78, 5) is 4.25. The van der Waals surface area contributed by atoms with Gasteiger partial charge in [-0.25, -0.2) is 4.98 Å². The fraction of sp³-hybridized carbons (Fsp3) is 0.154. The van der Waals surface area contributed by atoms with Crippen molar-refractivity contribution >= 4 is 27.7 Å². The molecule has 0 saturated carbocycles. The zero-order chi connectivity index (χ0) is 12.1. The molecule has 88 valence electrons. The standard InChI is InChI=1S/C13H12BrNOS/c14-11-6-7-13(15-8-11)17-9-12(16)10-4-2-1-3-5-10/h1-8,12,16H,9H2. The third kappa shape index (κ3) is 3.84. The first-order chi connectivity index (χ1) is 8.25. The van der Waals surface area contributed by atoms with Gasteiger partial charge in [-0.2, -0.15) is 0 Å². The van der Waals surface area contributed by atoms with Crippen LogP contribution >= 0.6 is 27.7 Å². The Bertz CT molecular complexity index is 461. The zero-order valence-corrected chi connectivity index (χ0v) is 11.5. The predicted molar refractivity (Wildman–Crippen MR) is 74.1 cm³/mol. The summed E-state index contributed by atoms with van der Waals surface area (Å²) in [5, 5.41) is 10.9. The maximum absolute atomic E-state index is 9.98. The van der Waals surface area contributed by atoms with Crippen LogP contribution in [0.15, 0.2) is 58.2 Å². The maximum Gasteiger partial charge on any atom is 0.0961 e. The van der Waals surface area contributed by atoms with Crippen molar-refractivity contribution in [1.29, 1.82) is 0 Å². The second-order valence-corrected chi connectivity index (χ2v) is 5.51. The van der Waals surface area contributed by atoms with Crippen molar-refractivity contribution in [3.05, 3.63) is 58.7 Å². The van der Waals surface area contributed by atoms with Crippen LogP contribution in [0.2, 0.25) is 0 Å². The molecule has 0 aliphatic carbocycles. The van der Waals surface area contributed by atoms with E-state index in [1.165, 1.54) is 0 Å². The van der Waals surface area contributed by atoms with Gasteiger partial charge in [-0.15, -0.1) is 11.8 Å². The monoisotopic (exact) mass is 309 g/mol. The van der Waals surface area contributed by atoms with Crippen molar-refractivity contribution < 1.29 is 5.11 Å². The van der Waals surface area contributed by atoms with Crippen LogP contribution in [0, 0.1) is 0 Å². The van der Waals surface area contributed by atoms with Gasteiger partial charge in [0.15, 0.2) is 0 Å². The number of aromatic nitrogens is 1. The molecule has 0 amide bonds. The van der Waals surface area contributed by atoms with Gasteiger partial charge < -0.3 is 5.11 Å². The number of aliphatic hydroxyl groups excluding tert-OH is 1. The molecule has 1 aromatic heterocycles. The van der Waals surface area contributed by atoms with E-state index < -0.39 is 6.10 Å². The van der Waals surface area contributed by atoms with Gasteiger partial charge in [-0.3, -0.25) is 0 Å². The average Bonchev–Trinajstić information content (AvgIpc) is 2.39. The first kappa shape index (κ1) is 12.6. The van der Waals surface area contributed by atoms with Crippen LogP contribution in [0.4, 0.5) is 0 Å². The first-order valence-electron chi connectivity index (χ1n) is 5.23. The van der Waals surface area contributed by atoms with Crippen LogP contribution in [0.1, 0.15) is 11.7 Å². The van der Waals surface area contributed by atoms with Gasteiger partial charge in [0.1, 0.15) is 0 Å². The lowest BCUT2D eigenvalue weighted by Crippen LogP contribution is -2.00. The highest BCUT2D eigenvalue weighted by molar-refractivity contribution is 9.10. The van der Waals surface area contributed by atoms with Crippen molar-refractivity contribution in [3.8, 4) is 0 Å². The average molecular weight is 310 g/mol. The van der Waals surface area contributed by atoms with Gasteiger partial charge >= 0.3 is 0 Å². The molecule has 1 heterocycles. The Labute approximate surface area is 113 Å². The molecule has 1 unspecified atom stereocenters. The molecular weight excluding hydrogens is 298 g/mol. The van der Waals surface area contributed by atoms with E-state index in [1.807, 2.05) is 42.5 Å². The lowest BCUT2D eigenvalue weighted by molar-refractivity contribution is 0.204. The van der Waals surface area contributed by atoms with E-state index in [2.05, 4.69) is 20.9 Å². The lowest BCUT2D eigenvalue weighted by Gasteiger charge is -2.09. The Morgan fingerprint density at radius 1 is 1.18 bits per heavy atom. The minimum Gasteiger partial charge on any atom is -0.388 e. The fourth-order valence-corrected chi connectivity index (χ4v) is 2.43. The van der Waals surface area contributed by atoms with E-state index in [0.29, 0.717) is 5.75 Å². The fourth-order valence-electron chi connectivity index (χ4n) is 1.38. The van der Waals surface area contributed by atoms with Gasteiger partial charge in [0, 0.05) is 16.4 Å². The van der Waals surface area contributed by atoms with E-state index in [9.17, 15) is 5.11 Å². The Morgan fingerprint density at radius 3 is 2.59 bits per heavy atom. The van der Waals surface area contributed by atoms with Crippen molar-refractivity contribution in [1.82, 2.24) is 4.98 Å². The molecular formula is C13H12BrNOS. The smallest absolute Gasteiger partial charge is 0.0961 e. The number of aliphatic hydroxyl groups is 1. The molecule has 2 rings (SSSR count). The van der Waals surface area contributed by atoms with E-state index in [0.717, 1.165) is 15.1 Å². The number of benzene rings is 1. The second kappa shape index (κ2) is 6.19. The topological polar surface area (TPSA) is 33.1 Å². The Hall–Kier alpha value is -0.840. The second-order valence-electron chi connectivity index (χ2n) is 3.55. The van der Waals surface area contributed by atoms with Crippen LogP contribution in [-0.4, -0.2) is 15.8 Å². The molecule has 2 nitrogen and oxygen atoms in total. The van der Waals surface area contributed by atoms with Crippen molar-refractivity contribution in [2.24, 2.45) is 0 Å². The summed E-state index contributed by atoms with van der Waals surface area (Å²) in [5.74, 6) is 0.610. The predicted octanol–water partition coefficient (Wildman–Crippen LogP) is 3.67. The largest absolute Gasteiger partial charge is 0.388 e. The quantitative estimate of drug-likeness (QED) is 0.875. The van der Waals surface area contributed by atoms with Gasteiger partial charge in [-0.05, 0) is 33.6 Å². The molecule has 1 atom stereocenters. The van der Waals surface area contributed by atoms with E-state index in [4.69, 9.17) is 0 Å². The molecule has 0 spiro atoms. The van der Waals surface area contributed by atoms with Crippen molar-refractivity contribution in [2.45, 2.75) is 11.1 Å². The molecule has 0 saturated heterocycles. The Balaban J connectivity index is 1.92. The minimum atomic E-state index is -0.452. The zero-order valence-electron chi connectivity index (χ0n) is 9.08. The molecule has 2 aromatic rings. The number of hydrogen-bond donors (Lipinski definition) is 1. The maximum atomic E-state index is 9.98. The highest BCUT2D eigenvalue weighted by Gasteiger charge is 2.07. The molecule has 1 N–H and O–H groups in total. The Morgan fingerprint density at radius 2 is 1.94 bits per heavy atom. The minimum absolute atomic E-state index is 0.452. The van der Waals surface area contributed by atoms with E-state index in [1.54, 1.807) is 18.0 Å². The van der Waals surface area contributed by atoms with Crippen LogP contribution in [0.5, 0.6) is 0 Å². The molecule has 4 heteroatoms. The number of hydrogen-bond acceptors (Lipinski definition) is 3. The third-order valence-electron chi connectivity index (χ3n) is 2.27. The molecule has 0 bridgehead atoms. The summed E-state index contributed by atoms with van der Waals surface area (Å²) in [5.41, 5.74) is 0.942. The summed E-state index contributed by atoms with van der Waals surface area (Å²) in [6.45, 7) is 0. The van der Waals surface area contributed by atoms with Crippen LogP contribution < -0.4 is 0 Å². The number of rotatable bonds is 4. The molecule has 0 aliphatic rings. The molecule has 0 aliphatic heterocycles. The lowest BCUT2D eigenvalue weighted by atomic mass is 10.1. The summed E-state index contributed by atoms with van der Waals surface area (Å²) >= 11 is 4.89. The molecule has 1 aromatic carbocycles. The number of halogens is 1. The van der Waals surface area contributed by atoms with Crippen molar-refractivity contribution in [2.75, 3.05) is 5.75 Å². The van der Waals surface area contributed by atoms with Crippen LogP contribution in [0.25, 0.3) is 0 Å². The summed E-state index contributed by atoms with van der Waals surface area (Å²) in [7, 11) is 0. The third-order valence-corrected chi connectivity index (χ3v) is 3.76. The van der Waals surface area contributed by atoms with Crippen molar-refractivity contribution in [3.63, 3.8) is 0 Å². The first-order valence-corrected chi connectivity index (χ1v) is 7.01. The van der Waals surface area contributed by atoms with Gasteiger partial charge in [0.2, 0.25) is 0 Å². The highest BCUT2D eigenvalue weighted by atomic mass is 79.9.